The summed E-state index contributed by atoms with van der Waals surface area (Å²) in [5.41, 5.74) is 5.61. The van der Waals surface area contributed by atoms with E-state index in [1.807, 2.05) is 36.4 Å². The van der Waals surface area contributed by atoms with Crippen LogP contribution in [0.2, 0.25) is 0 Å². The number of nitro benzene ring substituents is 1. The van der Waals surface area contributed by atoms with Crippen LogP contribution in [-0.4, -0.2) is 57.3 Å². The number of carboxylic acids is 2. The van der Waals surface area contributed by atoms with Crippen molar-refractivity contribution in [3.8, 4) is 0 Å². The summed E-state index contributed by atoms with van der Waals surface area (Å²) in [6, 6.07) is 25.0. The number of hydrogen-bond acceptors (Lipinski definition) is 7. The van der Waals surface area contributed by atoms with Crippen molar-refractivity contribution in [2.75, 3.05) is 13.1 Å². The summed E-state index contributed by atoms with van der Waals surface area (Å²) in [6.45, 7) is 6.31. The van der Waals surface area contributed by atoms with Crippen LogP contribution < -0.4 is 11.1 Å². The maximum absolute atomic E-state index is 14.0. The Bertz CT molecular complexity index is 1500. The van der Waals surface area contributed by atoms with Crippen LogP contribution >= 0.6 is 0 Å². The third kappa shape index (κ3) is 5.30. The fraction of sp³-hybridized carbons (Fsp3) is 0.429. The molecular weight excluding hydrogens is 572 g/mol. The summed E-state index contributed by atoms with van der Waals surface area (Å²) in [4.78, 5) is 41.2. The van der Waals surface area contributed by atoms with Gasteiger partial charge in [0.2, 0.25) is 0 Å². The van der Waals surface area contributed by atoms with Crippen LogP contribution in [0.25, 0.3) is 0 Å². The molecule has 0 bridgehead atoms. The lowest BCUT2D eigenvalue weighted by Gasteiger charge is -2.61. The number of carboxylic acid groups (broad SMARTS) is 2. The Hall–Kier alpha value is -4.12. The Morgan fingerprint density at radius 3 is 2.09 bits per heavy atom. The lowest BCUT2D eigenvalue weighted by molar-refractivity contribution is -0.385. The Kier molecular flexibility index (Phi) is 9.11. The molecule has 0 saturated carbocycles. The molecular formula is C35H42N4O6. The fourth-order valence-electron chi connectivity index (χ4n) is 8.56. The van der Waals surface area contributed by atoms with Crippen LogP contribution in [0.1, 0.15) is 62.3 Å². The highest BCUT2D eigenvalue weighted by atomic mass is 16.6. The number of likely N-dealkylation sites (tertiary alicyclic amines) is 1. The molecule has 0 spiro atoms. The van der Waals surface area contributed by atoms with Gasteiger partial charge in [-0.25, -0.2) is 0 Å². The van der Waals surface area contributed by atoms with E-state index in [0.29, 0.717) is 31.5 Å². The van der Waals surface area contributed by atoms with Crippen LogP contribution in [0.5, 0.6) is 0 Å². The monoisotopic (exact) mass is 614 g/mol. The quantitative estimate of drug-likeness (QED) is 0.186. The second-order valence-corrected chi connectivity index (χ2v) is 12.8. The molecule has 2 saturated heterocycles. The fourth-order valence-corrected chi connectivity index (χ4v) is 8.56. The van der Waals surface area contributed by atoms with Crippen LogP contribution in [0.15, 0.2) is 84.9 Å². The van der Waals surface area contributed by atoms with Crippen LogP contribution in [0, 0.1) is 32.8 Å². The van der Waals surface area contributed by atoms with E-state index in [1.54, 1.807) is 26.8 Å². The van der Waals surface area contributed by atoms with E-state index in [9.17, 15) is 29.9 Å². The molecule has 0 aliphatic carbocycles. The van der Waals surface area contributed by atoms with Gasteiger partial charge in [-0.3, -0.25) is 29.9 Å². The zero-order valence-corrected chi connectivity index (χ0v) is 25.9. The highest BCUT2D eigenvalue weighted by Gasteiger charge is 2.70. The van der Waals surface area contributed by atoms with Crippen LogP contribution in [-0.2, 0) is 9.59 Å². The van der Waals surface area contributed by atoms with Gasteiger partial charge in [0.05, 0.1) is 22.5 Å². The molecule has 238 valence electrons. The first kappa shape index (κ1) is 32.3. The normalized spacial score (nSPS) is 29.0. The number of nitro groups is 1. The number of nitrogens with two attached hydrogens (primary N) is 1. The molecule has 0 amide bonds. The number of rotatable bonds is 9. The molecule has 2 heterocycles. The summed E-state index contributed by atoms with van der Waals surface area (Å²) in [5.74, 6) is -4.68. The molecule has 10 heteroatoms. The maximum Gasteiger partial charge on any atom is 0.313 e. The van der Waals surface area contributed by atoms with E-state index < -0.39 is 57.7 Å². The van der Waals surface area contributed by atoms with Crippen molar-refractivity contribution in [2.45, 2.75) is 57.8 Å². The highest BCUT2D eigenvalue weighted by molar-refractivity contribution is 5.84. The first-order valence-electron chi connectivity index (χ1n) is 15.5. The minimum atomic E-state index is -1.82. The average molecular weight is 615 g/mol. The predicted octanol–water partition coefficient (Wildman–Crippen LogP) is 5.25. The van der Waals surface area contributed by atoms with Gasteiger partial charge in [-0.15, -0.1) is 0 Å². The SMILES string of the molecule is CC(C)C1(C(=O)O)C(C)NC(N)C(C(=O)O)(C2CCCN(C(c3ccccc3)c3ccccc3)C2)C1c1cccc([N+](=O)[O-])c1. The summed E-state index contributed by atoms with van der Waals surface area (Å²) in [5, 5.41) is 37.6. The molecule has 5 rings (SSSR count). The van der Waals surface area contributed by atoms with E-state index in [-0.39, 0.29) is 11.7 Å². The Labute approximate surface area is 263 Å². The van der Waals surface area contributed by atoms with Gasteiger partial charge in [-0.2, -0.15) is 0 Å². The molecule has 6 unspecified atom stereocenters. The number of carbonyl (C=O) groups is 2. The molecule has 0 aromatic heterocycles. The Morgan fingerprint density at radius 1 is 0.978 bits per heavy atom. The first-order chi connectivity index (χ1) is 21.5. The average Bonchev–Trinajstić information content (AvgIpc) is 3.01. The second-order valence-electron chi connectivity index (χ2n) is 12.8. The second kappa shape index (κ2) is 12.7. The summed E-state index contributed by atoms with van der Waals surface area (Å²) >= 11 is 0. The predicted molar refractivity (Wildman–Crippen MR) is 170 cm³/mol. The molecule has 3 aromatic carbocycles. The standard InChI is InChI=1S/C35H42N4O6/c1-22(2)34(32(40)41)23(3)37-31(36)35(33(42)43,30(34)26-16-10-18-28(20-26)39(44)45)27-17-11-19-38(21-27)29(24-12-6-4-7-13-24)25-14-8-5-9-15-25/h4-10,12-16,18,20,22-23,27,29-31,37H,11,17,19,21,36H2,1-3H3,(H,40,41)(H,42,43). The number of piperidine rings is 2. The topological polar surface area (TPSA) is 159 Å². The number of non-ortho nitro benzene ring substituents is 1. The minimum Gasteiger partial charge on any atom is -0.481 e. The first-order valence-corrected chi connectivity index (χ1v) is 15.5. The van der Waals surface area contributed by atoms with Gasteiger partial charge in [0.1, 0.15) is 5.41 Å². The van der Waals surface area contributed by atoms with Crippen LogP contribution in [0.3, 0.4) is 0 Å². The van der Waals surface area contributed by atoms with Gasteiger partial charge in [0.15, 0.2) is 0 Å². The zero-order chi connectivity index (χ0) is 32.5. The third-order valence-electron chi connectivity index (χ3n) is 10.5. The molecule has 2 aliphatic rings. The molecule has 0 radical (unpaired) electrons. The number of nitrogens with zero attached hydrogens (tertiary/aromatic N) is 2. The molecule has 2 aliphatic heterocycles. The van der Waals surface area contributed by atoms with E-state index in [0.717, 1.165) is 11.1 Å². The minimum absolute atomic E-state index is 0.168. The van der Waals surface area contributed by atoms with E-state index >= 15 is 0 Å². The molecule has 10 nitrogen and oxygen atoms in total. The highest BCUT2D eigenvalue weighted by Crippen LogP contribution is 2.62. The van der Waals surface area contributed by atoms with Gasteiger partial charge in [-0.05, 0) is 54.8 Å². The molecule has 2 fully saturated rings. The number of aliphatic carboxylic acids is 2. The number of nitrogens with one attached hydrogen (secondary N) is 1. The van der Waals surface area contributed by atoms with Gasteiger partial charge in [0.25, 0.3) is 5.69 Å². The van der Waals surface area contributed by atoms with Crippen molar-refractivity contribution in [1.29, 1.82) is 0 Å². The summed E-state index contributed by atoms with van der Waals surface area (Å²) in [7, 11) is 0. The van der Waals surface area contributed by atoms with E-state index in [1.165, 1.54) is 18.2 Å². The van der Waals surface area contributed by atoms with Crippen molar-refractivity contribution in [3.63, 3.8) is 0 Å². The maximum atomic E-state index is 14.0. The van der Waals surface area contributed by atoms with Crippen molar-refractivity contribution < 1.29 is 24.7 Å². The Balaban J connectivity index is 1.73. The van der Waals surface area contributed by atoms with Crippen molar-refractivity contribution in [3.05, 3.63) is 112 Å². The molecule has 5 N–H and O–H groups in total. The zero-order valence-electron chi connectivity index (χ0n) is 25.9. The third-order valence-corrected chi connectivity index (χ3v) is 10.5. The molecule has 45 heavy (non-hydrogen) atoms. The number of benzene rings is 3. The Morgan fingerprint density at radius 2 is 1.58 bits per heavy atom. The van der Waals surface area contributed by atoms with Crippen molar-refractivity contribution >= 4 is 17.6 Å². The van der Waals surface area contributed by atoms with Crippen molar-refractivity contribution in [2.24, 2.45) is 28.4 Å². The van der Waals surface area contributed by atoms with Gasteiger partial charge in [-0.1, -0.05) is 86.6 Å². The van der Waals surface area contributed by atoms with Gasteiger partial charge >= 0.3 is 11.9 Å². The smallest absolute Gasteiger partial charge is 0.313 e. The number of hydrogen-bond donors (Lipinski definition) is 4. The van der Waals surface area contributed by atoms with Crippen molar-refractivity contribution in [1.82, 2.24) is 10.2 Å². The summed E-state index contributed by atoms with van der Waals surface area (Å²) < 4.78 is 0. The lowest BCUT2D eigenvalue weighted by Crippen LogP contribution is -2.76. The van der Waals surface area contributed by atoms with E-state index in [4.69, 9.17) is 5.73 Å². The molecule has 3 aromatic rings. The van der Waals surface area contributed by atoms with Gasteiger partial charge in [0, 0.05) is 30.6 Å². The molecule has 6 atom stereocenters. The largest absolute Gasteiger partial charge is 0.481 e. The lowest BCUT2D eigenvalue weighted by atomic mass is 9.46. The summed E-state index contributed by atoms with van der Waals surface area (Å²) in [6.07, 6.45) is 0.0428. The van der Waals surface area contributed by atoms with E-state index in [2.05, 4.69) is 34.5 Å². The van der Waals surface area contributed by atoms with Gasteiger partial charge < -0.3 is 15.9 Å². The van der Waals surface area contributed by atoms with Crippen LogP contribution in [0.4, 0.5) is 5.69 Å².